The van der Waals surface area contributed by atoms with Crippen LogP contribution in [0.2, 0.25) is 0 Å². The van der Waals surface area contributed by atoms with E-state index in [2.05, 4.69) is 77.1 Å². The molecule has 2 fully saturated rings. The molecule has 1 atom stereocenters. The van der Waals surface area contributed by atoms with Gasteiger partial charge in [-0.1, -0.05) is 54.6 Å². The van der Waals surface area contributed by atoms with Crippen LogP contribution in [0.3, 0.4) is 0 Å². The van der Waals surface area contributed by atoms with Gasteiger partial charge in [-0.3, -0.25) is 9.69 Å². The lowest BCUT2D eigenvalue weighted by molar-refractivity contribution is -0.128. The van der Waals surface area contributed by atoms with E-state index in [-0.39, 0.29) is 29.9 Å². The summed E-state index contributed by atoms with van der Waals surface area (Å²) in [4.78, 5) is 21.2. The highest BCUT2D eigenvalue weighted by atomic mass is 127. The van der Waals surface area contributed by atoms with Gasteiger partial charge < -0.3 is 15.5 Å². The van der Waals surface area contributed by atoms with Gasteiger partial charge in [0.25, 0.3) is 0 Å². The van der Waals surface area contributed by atoms with Crippen LogP contribution in [0.15, 0.2) is 59.6 Å². The third-order valence-corrected chi connectivity index (χ3v) is 6.56. The summed E-state index contributed by atoms with van der Waals surface area (Å²) < 4.78 is 0. The minimum Gasteiger partial charge on any atom is -0.357 e. The summed E-state index contributed by atoms with van der Waals surface area (Å²) in [6, 6.07) is 19.6. The standard InChI is InChI=1S/C27H37N5O.HI/c1-2-28-27(30-20-25(31-16-6-7-17-31)24-9-4-3-5-10-24)29-19-22-12-14-23(15-13-22)21-32-18-8-11-26(32)33;/h3-5,9-10,12-15,25H,2,6-8,11,16-21H2,1H3,(H2,28,29,30);1H. The molecule has 2 aromatic rings. The Bertz CT molecular complexity index is 912. The Kier molecular flexibility index (Phi) is 10.7. The minimum absolute atomic E-state index is 0. The van der Waals surface area contributed by atoms with Crippen LogP contribution >= 0.6 is 24.0 Å². The summed E-state index contributed by atoms with van der Waals surface area (Å²) in [6.07, 6.45) is 4.23. The summed E-state index contributed by atoms with van der Waals surface area (Å²) in [5.41, 5.74) is 3.71. The van der Waals surface area contributed by atoms with Crippen molar-refractivity contribution < 1.29 is 4.79 Å². The average Bonchev–Trinajstić information content (AvgIpc) is 3.52. The molecule has 2 saturated heterocycles. The molecular weight excluding hydrogens is 537 g/mol. The smallest absolute Gasteiger partial charge is 0.222 e. The van der Waals surface area contributed by atoms with E-state index in [1.165, 1.54) is 29.5 Å². The molecule has 4 rings (SSSR count). The first-order valence-corrected chi connectivity index (χ1v) is 12.4. The molecule has 2 N–H and O–H groups in total. The van der Waals surface area contributed by atoms with Gasteiger partial charge in [-0.05, 0) is 56.0 Å². The van der Waals surface area contributed by atoms with Crippen molar-refractivity contribution in [2.24, 2.45) is 4.99 Å². The number of guanidine groups is 1. The number of rotatable bonds is 9. The maximum Gasteiger partial charge on any atom is 0.222 e. The number of amides is 1. The van der Waals surface area contributed by atoms with Crippen molar-refractivity contribution in [1.29, 1.82) is 0 Å². The molecule has 0 radical (unpaired) electrons. The Hall–Kier alpha value is -2.13. The Morgan fingerprint density at radius 1 is 0.941 bits per heavy atom. The summed E-state index contributed by atoms with van der Waals surface area (Å²) in [7, 11) is 0. The molecular formula is C27H38IN5O. The number of aliphatic imine (C=N–C) groups is 1. The number of hydrogen-bond acceptors (Lipinski definition) is 3. The Labute approximate surface area is 221 Å². The van der Waals surface area contributed by atoms with Gasteiger partial charge in [0, 0.05) is 32.6 Å². The maximum absolute atomic E-state index is 11.9. The second-order valence-corrected chi connectivity index (χ2v) is 8.98. The summed E-state index contributed by atoms with van der Waals surface area (Å²) >= 11 is 0. The van der Waals surface area contributed by atoms with Crippen molar-refractivity contribution in [1.82, 2.24) is 20.4 Å². The zero-order chi connectivity index (χ0) is 22.9. The number of benzene rings is 2. The first-order valence-electron chi connectivity index (χ1n) is 12.4. The fourth-order valence-electron chi connectivity index (χ4n) is 4.73. The molecule has 0 bridgehead atoms. The Morgan fingerprint density at radius 3 is 2.29 bits per heavy atom. The van der Waals surface area contributed by atoms with Crippen LogP contribution in [0, 0.1) is 0 Å². The van der Waals surface area contributed by atoms with Gasteiger partial charge in [0.1, 0.15) is 0 Å². The largest absolute Gasteiger partial charge is 0.357 e. The molecule has 7 heteroatoms. The van der Waals surface area contributed by atoms with Crippen LogP contribution in [-0.4, -0.2) is 54.4 Å². The van der Waals surface area contributed by atoms with Crippen LogP contribution in [0.1, 0.15) is 55.3 Å². The third kappa shape index (κ3) is 7.43. The van der Waals surface area contributed by atoms with E-state index in [1.54, 1.807) is 0 Å². The average molecular weight is 576 g/mol. The number of halogens is 1. The molecule has 0 aromatic heterocycles. The predicted molar refractivity (Wildman–Crippen MR) is 149 cm³/mol. The molecule has 6 nitrogen and oxygen atoms in total. The van der Waals surface area contributed by atoms with Gasteiger partial charge in [0.15, 0.2) is 5.96 Å². The lowest BCUT2D eigenvalue weighted by Crippen LogP contribution is -2.42. The predicted octanol–water partition coefficient (Wildman–Crippen LogP) is 4.32. The van der Waals surface area contributed by atoms with Crippen LogP contribution in [0.25, 0.3) is 0 Å². The molecule has 2 aromatic carbocycles. The van der Waals surface area contributed by atoms with E-state index in [0.717, 1.165) is 45.1 Å². The number of carbonyl (C=O) groups excluding carboxylic acids is 1. The maximum atomic E-state index is 11.9. The minimum atomic E-state index is 0. The molecule has 184 valence electrons. The second kappa shape index (κ2) is 13.7. The first-order chi connectivity index (χ1) is 16.2. The lowest BCUT2D eigenvalue weighted by Gasteiger charge is -2.29. The summed E-state index contributed by atoms with van der Waals surface area (Å²) in [5, 5.41) is 6.97. The van der Waals surface area contributed by atoms with Gasteiger partial charge in [-0.25, -0.2) is 4.99 Å². The number of carbonyl (C=O) groups is 1. The molecule has 1 amide bonds. The van der Waals surface area contributed by atoms with E-state index in [0.29, 0.717) is 25.6 Å². The highest BCUT2D eigenvalue weighted by molar-refractivity contribution is 14.0. The van der Waals surface area contributed by atoms with Crippen molar-refractivity contribution in [3.05, 3.63) is 71.3 Å². The number of nitrogens with zero attached hydrogens (tertiary/aromatic N) is 3. The third-order valence-electron chi connectivity index (χ3n) is 6.56. The first kappa shape index (κ1) is 26.5. The Balaban J connectivity index is 0.00000324. The molecule has 1 unspecified atom stereocenters. The molecule has 0 aliphatic carbocycles. The van der Waals surface area contributed by atoms with Gasteiger partial charge in [-0.2, -0.15) is 0 Å². The Morgan fingerprint density at radius 2 is 1.65 bits per heavy atom. The normalized spacial score (nSPS) is 17.5. The van der Waals surface area contributed by atoms with Crippen LogP contribution in [0.5, 0.6) is 0 Å². The van der Waals surface area contributed by atoms with E-state index >= 15 is 0 Å². The van der Waals surface area contributed by atoms with Gasteiger partial charge in [-0.15, -0.1) is 24.0 Å². The fraction of sp³-hybridized carbons (Fsp3) is 0.481. The monoisotopic (exact) mass is 575 g/mol. The number of nitrogens with one attached hydrogen (secondary N) is 2. The lowest BCUT2D eigenvalue weighted by atomic mass is 10.1. The summed E-state index contributed by atoms with van der Waals surface area (Å²) in [6.45, 7) is 8.29. The van der Waals surface area contributed by atoms with E-state index < -0.39 is 0 Å². The SMILES string of the molecule is CCNC(=NCc1ccc(CN2CCCC2=O)cc1)NCC(c1ccccc1)N1CCCC1.I. The molecule has 2 aliphatic rings. The molecule has 34 heavy (non-hydrogen) atoms. The van der Waals surface area contributed by atoms with Crippen molar-refractivity contribution in [2.45, 2.75) is 51.7 Å². The van der Waals surface area contributed by atoms with Crippen LogP contribution in [0.4, 0.5) is 0 Å². The number of likely N-dealkylation sites (tertiary alicyclic amines) is 2. The second-order valence-electron chi connectivity index (χ2n) is 8.98. The van der Waals surface area contributed by atoms with Crippen molar-refractivity contribution in [2.75, 3.05) is 32.7 Å². The molecule has 2 aliphatic heterocycles. The summed E-state index contributed by atoms with van der Waals surface area (Å²) in [5.74, 6) is 1.12. The zero-order valence-electron chi connectivity index (χ0n) is 20.2. The van der Waals surface area contributed by atoms with Crippen molar-refractivity contribution in [3.63, 3.8) is 0 Å². The van der Waals surface area contributed by atoms with Gasteiger partial charge >= 0.3 is 0 Å². The highest BCUT2D eigenvalue weighted by Gasteiger charge is 2.23. The van der Waals surface area contributed by atoms with Crippen LogP contribution < -0.4 is 10.6 Å². The number of hydrogen-bond donors (Lipinski definition) is 2. The van der Waals surface area contributed by atoms with Gasteiger partial charge in [0.2, 0.25) is 5.91 Å². The van der Waals surface area contributed by atoms with E-state index in [9.17, 15) is 4.79 Å². The van der Waals surface area contributed by atoms with Crippen LogP contribution in [-0.2, 0) is 17.9 Å². The van der Waals surface area contributed by atoms with E-state index in [4.69, 9.17) is 4.99 Å². The topological polar surface area (TPSA) is 60.0 Å². The fourth-order valence-corrected chi connectivity index (χ4v) is 4.73. The quantitative estimate of drug-likeness (QED) is 0.266. The molecule has 2 heterocycles. The zero-order valence-corrected chi connectivity index (χ0v) is 22.5. The molecule has 0 spiro atoms. The van der Waals surface area contributed by atoms with E-state index in [1.807, 2.05) is 4.90 Å². The van der Waals surface area contributed by atoms with Gasteiger partial charge in [0.05, 0.1) is 12.6 Å². The molecule has 0 saturated carbocycles. The van der Waals surface area contributed by atoms with Crippen molar-refractivity contribution >= 4 is 35.8 Å². The highest BCUT2D eigenvalue weighted by Crippen LogP contribution is 2.24. The van der Waals surface area contributed by atoms with Crippen molar-refractivity contribution in [3.8, 4) is 0 Å².